The molecule has 0 aromatic carbocycles. The topological polar surface area (TPSA) is 25.2 Å². The van der Waals surface area contributed by atoms with Crippen molar-refractivity contribution in [3.05, 3.63) is 23.9 Å². The van der Waals surface area contributed by atoms with Crippen LogP contribution in [0.5, 0.6) is 0 Å². The van der Waals surface area contributed by atoms with Gasteiger partial charge in [-0.3, -0.25) is 4.99 Å². The average molecular weight is 234 g/mol. The van der Waals surface area contributed by atoms with Crippen molar-refractivity contribution in [2.45, 2.75) is 43.4 Å². The van der Waals surface area contributed by atoms with E-state index in [1.807, 2.05) is 24.0 Å². The molecule has 0 spiro atoms. The van der Waals surface area contributed by atoms with Crippen molar-refractivity contribution in [2.24, 2.45) is 4.99 Å². The van der Waals surface area contributed by atoms with E-state index < -0.39 is 0 Å². The van der Waals surface area contributed by atoms with Crippen LogP contribution < -0.4 is 0 Å². The van der Waals surface area contributed by atoms with Crippen LogP contribution in [0.3, 0.4) is 0 Å². The average Bonchev–Trinajstić information content (AvgIpc) is 2.69. The van der Waals surface area contributed by atoms with E-state index in [1.165, 1.54) is 17.7 Å². The molecule has 0 saturated carbocycles. The predicted octanol–water partition coefficient (Wildman–Crippen LogP) is 3.56. The number of rotatable bonds is 2. The Morgan fingerprint density at radius 2 is 2.12 bits per heavy atom. The molecule has 1 aliphatic heterocycles. The molecule has 1 aromatic rings. The van der Waals surface area contributed by atoms with Gasteiger partial charge in [0, 0.05) is 28.8 Å². The van der Waals surface area contributed by atoms with Gasteiger partial charge >= 0.3 is 0 Å². The van der Waals surface area contributed by atoms with Gasteiger partial charge < -0.3 is 0 Å². The fraction of sp³-hybridized carbons (Fsp3) is 0.538. The highest BCUT2D eigenvalue weighted by atomic mass is 32.2. The molecule has 3 heteroatoms. The molecule has 0 fully saturated rings. The number of hydrogen-bond donors (Lipinski definition) is 0. The van der Waals surface area contributed by atoms with E-state index in [0.717, 1.165) is 18.0 Å². The maximum Gasteiger partial charge on any atom is 0.106 e. The lowest BCUT2D eigenvalue weighted by atomic mass is 10.1. The van der Waals surface area contributed by atoms with E-state index >= 15 is 0 Å². The van der Waals surface area contributed by atoms with Crippen molar-refractivity contribution in [3.8, 4) is 0 Å². The van der Waals surface area contributed by atoms with Crippen molar-refractivity contribution in [3.63, 3.8) is 0 Å². The normalized spacial score (nSPS) is 16.3. The number of pyridine rings is 1. The second-order valence-corrected chi connectivity index (χ2v) is 6.82. The molecule has 0 bridgehead atoms. The van der Waals surface area contributed by atoms with Crippen LogP contribution in [-0.4, -0.2) is 22.0 Å². The molecule has 2 heterocycles. The van der Waals surface area contributed by atoms with Crippen molar-refractivity contribution < 1.29 is 0 Å². The zero-order valence-electron chi connectivity index (χ0n) is 10.2. The van der Waals surface area contributed by atoms with Gasteiger partial charge in [-0.05, 0) is 25.0 Å². The number of nitrogens with zero attached hydrogens (tertiary/aromatic N) is 2. The molecule has 1 aromatic heterocycles. The monoisotopic (exact) mass is 234 g/mol. The Morgan fingerprint density at radius 3 is 2.75 bits per heavy atom. The van der Waals surface area contributed by atoms with Crippen LogP contribution in [0.4, 0.5) is 0 Å². The highest BCUT2D eigenvalue weighted by Gasteiger charge is 2.19. The van der Waals surface area contributed by atoms with E-state index in [0.29, 0.717) is 0 Å². The molecule has 2 nitrogen and oxygen atoms in total. The lowest BCUT2D eigenvalue weighted by Gasteiger charge is -2.18. The van der Waals surface area contributed by atoms with Crippen molar-refractivity contribution in [2.75, 3.05) is 6.54 Å². The third kappa shape index (κ3) is 2.85. The first kappa shape index (κ1) is 11.6. The SMILES string of the molecule is CC(C)(C)Sc1ncccc1C1=NCCC1. The molecule has 0 aliphatic carbocycles. The summed E-state index contributed by atoms with van der Waals surface area (Å²) < 4.78 is 0.197. The van der Waals surface area contributed by atoms with E-state index in [2.05, 4.69) is 36.8 Å². The van der Waals surface area contributed by atoms with Crippen LogP contribution in [0.1, 0.15) is 39.2 Å². The van der Waals surface area contributed by atoms with E-state index in [1.54, 1.807) is 0 Å². The quantitative estimate of drug-likeness (QED) is 0.731. The van der Waals surface area contributed by atoms with Crippen molar-refractivity contribution >= 4 is 17.5 Å². The minimum absolute atomic E-state index is 0.197. The van der Waals surface area contributed by atoms with Gasteiger partial charge in [-0.1, -0.05) is 32.5 Å². The third-order valence-corrected chi connectivity index (χ3v) is 3.49. The second kappa shape index (κ2) is 4.58. The fourth-order valence-electron chi connectivity index (χ4n) is 1.74. The van der Waals surface area contributed by atoms with Gasteiger partial charge in [0.2, 0.25) is 0 Å². The van der Waals surface area contributed by atoms with Gasteiger partial charge in [0.05, 0.1) is 0 Å². The Labute approximate surface area is 102 Å². The van der Waals surface area contributed by atoms with Gasteiger partial charge in [0.25, 0.3) is 0 Å². The predicted molar refractivity (Wildman–Crippen MR) is 70.5 cm³/mol. The van der Waals surface area contributed by atoms with Gasteiger partial charge in [-0.15, -0.1) is 0 Å². The molecule has 1 aliphatic rings. The van der Waals surface area contributed by atoms with Crippen LogP contribution >= 0.6 is 11.8 Å². The van der Waals surface area contributed by atoms with E-state index in [4.69, 9.17) is 0 Å². The molecule has 0 saturated heterocycles. The van der Waals surface area contributed by atoms with Gasteiger partial charge in [-0.25, -0.2) is 4.98 Å². The lowest BCUT2D eigenvalue weighted by molar-refractivity contribution is 0.799. The highest BCUT2D eigenvalue weighted by molar-refractivity contribution is 8.00. The zero-order valence-corrected chi connectivity index (χ0v) is 11.0. The Morgan fingerprint density at radius 1 is 1.31 bits per heavy atom. The van der Waals surface area contributed by atoms with Gasteiger partial charge in [0.15, 0.2) is 0 Å². The molecule has 16 heavy (non-hydrogen) atoms. The van der Waals surface area contributed by atoms with Crippen molar-refractivity contribution in [1.29, 1.82) is 0 Å². The summed E-state index contributed by atoms with van der Waals surface area (Å²) in [6.07, 6.45) is 4.15. The van der Waals surface area contributed by atoms with Gasteiger partial charge in [-0.2, -0.15) is 0 Å². The number of aromatic nitrogens is 1. The van der Waals surface area contributed by atoms with Crippen LogP contribution in [0, 0.1) is 0 Å². The number of thioether (sulfide) groups is 1. The summed E-state index contributed by atoms with van der Waals surface area (Å²) in [7, 11) is 0. The first-order valence-corrected chi connectivity index (χ1v) is 6.56. The third-order valence-electron chi connectivity index (χ3n) is 2.36. The number of aliphatic imine (C=N–C) groups is 1. The number of hydrogen-bond acceptors (Lipinski definition) is 3. The molecule has 2 rings (SSSR count). The summed E-state index contributed by atoms with van der Waals surface area (Å²) in [6.45, 7) is 7.62. The summed E-state index contributed by atoms with van der Waals surface area (Å²) in [5, 5.41) is 1.12. The van der Waals surface area contributed by atoms with Crippen LogP contribution in [-0.2, 0) is 0 Å². The molecular weight excluding hydrogens is 216 g/mol. The molecule has 0 unspecified atom stereocenters. The Kier molecular flexibility index (Phi) is 3.33. The smallest absolute Gasteiger partial charge is 0.106 e. The second-order valence-electron chi connectivity index (χ2n) is 5.00. The standard InChI is InChI=1S/C13H18N2S/c1-13(2,3)16-12-10(6-4-9-15-12)11-7-5-8-14-11/h4,6,9H,5,7-8H2,1-3H3. The van der Waals surface area contributed by atoms with Gasteiger partial charge in [0.1, 0.15) is 5.03 Å². The Balaban J connectivity index is 2.30. The largest absolute Gasteiger partial charge is 0.289 e. The first-order valence-electron chi connectivity index (χ1n) is 5.74. The summed E-state index contributed by atoms with van der Waals surface area (Å²) in [5.41, 5.74) is 2.47. The van der Waals surface area contributed by atoms with E-state index in [-0.39, 0.29) is 4.75 Å². The van der Waals surface area contributed by atoms with Crippen molar-refractivity contribution in [1.82, 2.24) is 4.98 Å². The molecule has 0 atom stereocenters. The first-order chi connectivity index (χ1) is 7.56. The van der Waals surface area contributed by atoms with Crippen LogP contribution in [0.25, 0.3) is 0 Å². The molecule has 0 radical (unpaired) electrons. The molecular formula is C13H18N2S. The zero-order chi connectivity index (χ0) is 11.6. The molecule has 86 valence electrons. The molecule has 0 N–H and O–H groups in total. The summed E-state index contributed by atoms with van der Waals surface area (Å²) in [6, 6.07) is 4.15. The van der Waals surface area contributed by atoms with Crippen LogP contribution in [0.15, 0.2) is 28.3 Å². The highest BCUT2D eigenvalue weighted by Crippen LogP contribution is 2.33. The fourth-order valence-corrected chi connectivity index (χ4v) is 2.73. The summed E-state index contributed by atoms with van der Waals surface area (Å²) in [4.78, 5) is 9.05. The molecule has 0 amide bonds. The minimum atomic E-state index is 0.197. The lowest BCUT2D eigenvalue weighted by Crippen LogP contribution is -2.10. The minimum Gasteiger partial charge on any atom is -0.289 e. The maximum atomic E-state index is 4.56. The summed E-state index contributed by atoms with van der Waals surface area (Å²) in [5.74, 6) is 0. The maximum absolute atomic E-state index is 4.56. The van der Waals surface area contributed by atoms with E-state index in [9.17, 15) is 0 Å². The summed E-state index contributed by atoms with van der Waals surface area (Å²) >= 11 is 1.82. The Bertz CT molecular complexity index is 405. The Hall–Kier alpha value is -0.830. The van der Waals surface area contributed by atoms with Crippen LogP contribution in [0.2, 0.25) is 0 Å².